The van der Waals surface area contributed by atoms with E-state index in [4.69, 9.17) is 18.9 Å². The number of rotatable bonds is 13. The summed E-state index contributed by atoms with van der Waals surface area (Å²) < 4.78 is 24.6. The molecule has 9 aromatic rings. The topological polar surface area (TPSA) is 178 Å². The van der Waals surface area contributed by atoms with Gasteiger partial charge in [-0.15, -0.1) is 0 Å². The first-order chi connectivity index (χ1) is 37.0. The van der Waals surface area contributed by atoms with Crippen LogP contribution in [-0.4, -0.2) is 41.4 Å². The average Bonchev–Trinajstić information content (AvgIpc) is 4.02. The van der Waals surface area contributed by atoms with Gasteiger partial charge in [-0.1, -0.05) is 60.7 Å². The van der Waals surface area contributed by atoms with Gasteiger partial charge in [0.2, 0.25) is 0 Å². The lowest BCUT2D eigenvalue weighted by Gasteiger charge is -2.16. The fourth-order valence-electron chi connectivity index (χ4n) is 9.11. The van der Waals surface area contributed by atoms with Crippen LogP contribution >= 0.6 is 0 Å². The van der Waals surface area contributed by atoms with Crippen molar-refractivity contribution in [3.05, 3.63) is 251 Å². The van der Waals surface area contributed by atoms with Crippen LogP contribution in [0, 0.1) is 0 Å². The summed E-state index contributed by atoms with van der Waals surface area (Å²) in [7, 11) is 0. The number of anilines is 4. The molecule has 366 valence electrons. The maximum Gasteiger partial charge on any atom is 0.266 e. The Morgan fingerprint density at radius 1 is 0.289 bits per heavy atom. The minimum absolute atomic E-state index is 0.0513. The number of hydrogen-bond donors (Lipinski definition) is 1. The molecule has 3 aliphatic heterocycles. The molecule has 0 saturated heterocycles. The molecule has 0 aliphatic carbocycles. The number of benzene rings is 9. The summed E-state index contributed by atoms with van der Waals surface area (Å²) in [4.78, 5) is 97.0. The highest BCUT2D eigenvalue weighted by atomic mass is 16.5. The summed E-state index contributed by atoms with van der Waals surface area (Å²) in [6, 6.07) is 57.7. The van der Waals surface area contributed by atoms with E-state index in [1.807, 2.05) is 0 Å². The zero-order valence-electron chi connectivity index (χ0n) is 39.5. The van der Waals surface area contributed by atoms with E-state index in [0.29, 0.717) is 85.3 Å². The van der Waals surface area contributed by atoms with E-state index in [9.17, 15) is 33.6 Å². The van der Waals surface area contributed by atoms with E-state index in [0.717, 1.165) is 14.7 Å². The number of nitrogens with one attached hydrogen (secondary N) is 1. The molecule has 12 rings (SSSR count). The molecule has 15 heteroatoms. The van der Waals surface area contributed by atoms with Crippen LogP contribution in [0.15, 0.2) is 212 Å². The zero-order chi connectivity index (χ0) is 52.0. The van der Waals surface area contributed by atoms with E-state index >= 15 is 0 Å². The van der Waals surface area contributed by atoms with Crippen LogP contribution < -0.4 is 39.0 Å². The molecule has 0 spiro atoms. The Bertz CT molecular complexity index is 3890. The SMILES string of the molecule is O=C(Nc1cccc(Oc2cccc(Oc3cccc(N4C(=O)c5ccccc5C4=O)c3)c2)c1)c1ccc2c(c1)C(=O)N(c1cccc(Oc3cccc(Oc4cccc(N5C(=O)c6ccccc6C5=O)c4)c3)c1)C2=O. The van der Waals surface area contributed by atoms with Gasteiger partial charge < -0.3 is 24.3 Å². The lowest BCUT2D eigenvalue weighted by Crippen LogP contribution is -2.29. The van der Waals surface area contributed by atoms with Crippen molar-refractivity contribution in [1.82, 2.24) is 0 Å². The lowest BCUT2D eigenvalue weighted by atomic mass is 10.1. The molecule has 3 heterocycles. The molecular weight excluding hydrogens is 965 g/mol. The molecule has 9 aromatic carbocycles. The van der Waals surface area contributed by atoms with Gasteiger partial charge in [-0.05, 0) is 115 Å². The fourth-order valence-corrected chi connectivity index (χ4v) is 9.11. The molecule has 0 atom stereocenters. The van der Waals surface area contributed by atoms with E-state index in [1.165, 1.54) is 18.2 Å². The second kappa shape index (κ2) is 18.9. The Morgan fingerprint density at radius 2 is 0.592 bits per heavy atom. The second-order valence-electron chi connectivity index (χ2n) is 17.5. The molecule has 0 fully saturated rings. The predicted molar refractivity (Wildman–Crippen MR) is 280 cm³/mol. The quantitative estimate of drug-likeness (QED) is 0.109. The monoisotopic (exact) mass is 1000 g/mol. The first kappa shape index (κ1) is 46.2. The van der Waals surface area contributed by atoms with E-state index < -0.39 is 41.4 Å². The lowest BCUT2D eigenvalue weighted by molar-refractivity contribution is 0.0910. The van der Waals surface area contributed by atoms with E-state index in [1.54, 1.807) is 194 Å². The number of imide groups is 3. The highest BCUT2D eigenvalue weighted by Gasteiger charge is 2.39. The molecule has 3 aliphatic rings. The van der Waals surface area contributed by atoms with Gasteiger partial charge in [-0.25, -0.2) is 14.7 Å². The Balaban J connectivity index is 0.681. The van der Waals surface area contributed by atoms with Crippen LogP contribution in [0.1, 0.15) is 72.5 Å². The predicted octanol–water partition coefficient (Wildman–Crippen LogP) is 12.5. The third kappa shape index (κ3) is 8.60. The van der Waals surface area contributed by atoms with Gasteiger partial charge in [-0.2, -0.15) is 0 Å². The number of amides is 7. The minimum Gasteiger partial charge on any atom is -0.457 e. The van der Waals surface area contributed by atoms with Gasteiger partial charge >= 0.3 is 0 Å². The number of ether oxygens (including phenoxy) is 4. The summed E-state index contributed by atoms with van der Waals surface area (Å²) >= 11 is 0. The maximum atomic E-state index is 13.9. The van der Waals surface area contributed by atoms with Gasteiger partial charge in [0.1, 0.15) is 46.0 Å². The maximum absolute atomic E-state index is 13.9. The molecule has 0 saturated carbocycles. The third-order valence-electron chi connectivity index (χ3n) is 12.6. The highest BCUT2D eigenvalue weighted by molar-refractivity contribution is 6.36. The Labute approximate surface area is 432 Å². The van der Waals surface area contributed by atoms with Crippen LogP contribution in [0.4, 0.5) is 22.7 Å². The largest absolute Gasteiger partial charge is 0.457 e. The molecule has 0 bridgehead atoms. The van der Waals surface area contributed by atoms with Crippen molar-refractivity contribution in [2.45, 2.75) is 0 Å². The summed E-state index contributed by atoms with van der Waals surface area (Å²) in [6.07, 6.45) is 0. The van der Waals surface area contributed by atoms with Gasteiger partial charge in [0, 0.05) is 47.6 Å². The second-order valence-corrected chi connectivity index (χ2v) is 17.5. The van der Waals surface area contributed by atoms with Crippen molar-refractivity contribution in [3.63, 3.8) is 0 Å². The van der Waals surface area contributed by atoms with Crippen molar-refractivity contribution in [3.8, 4) is 46.0 Å². The Kier molecular flexibility index (Phi) is 11.5. The molecule has 0 radical (unpaired) electrons. The smallest absolute Gasteiger partial charge is 0.266 e. The first-order valence-electron chi connectivity index (χ1n) is 23.6. The normalized spacial score (nSPS) is 13.4. The van der Waals surface area contributed by atoms with Crippen molar-refractivity contribution >= 4 is 64.1 Å². The summed E-state index contributed by atoms with van der Waals surface area (Å²) in [6.45, 7) is 0. The highest BCUT2D eigenvalue weighted by Crippen LogP contribution is 2.38. The van der Waals surface area contributed by atoms with Crippen molar-refractivity contribution in [2.75, 3.05) is 20.0 Å². The van der Waals surface area contributed by atoms with Gasteiger partial charge in [-0.3, -0.25) is 33.6 Å². The average molecular weight is 1000 g/mol. The van der Waals surface area contributed by atoms with Gasteiger partial charge in [0.15, 0.2) is 0 Å². The molecule has 1 N–H and O–H groups in total. The van der Waals surface area contributed by atoms with Crippen LogP contribution in [-0.2, 0) is 0 Å². The molecule has 15 nitrogen and oxygen atoms in total. The first-order valence-corrected chi connectivity index (χ1v) is 23.6. The standard InChI is InChI=1S/C61H36N4O11/c66-55(62-37-11-5-15-41(30-37)73-45-19-9-20-46(34-45)74-42-16-6-12-38(31-42)63-56(67)49-23-1-2-24-50(49)57(63)68)36-27-28-53-54(29-36)61(72)65(60(53)71)40-14-8-18-44(33-40)76-48-22-10-21-47(35-48)75-43-17-7-13-39(32-43)64-58(69)51-25-3-4-26-52(51)59(64)70/h1-35H,(H,62,66). The molecule has 76 heavy (non-hydrogen) atoms. The van der Waals surface area contributed by atoms with E-state index in [-0.39, 0.29) is 22.4 Å². The molecule has 0 aromatic heterocycles. The Hall–Kier alpha value is -10.9. The van der Waals surface area contributed by atoms with Crippen LogP contribution in [0.2, 0.25) is 0 Å². The van der Waals surface area contributed by atoms with Crippen molar-refractivity contribution in [2.24, 2.45) is 0 Å². The third-order valence-corrected chi connectivity index (χ3v) is 12.6. The summed E-state index contributed by atoms with van der Waals surface area (Å²) in [5.74, 6) is -0.299. The molecule has 7 amide bonds. The van der Waals surface area contributed by atoms with Crippen molar-refractivity contribution in [1.29, 1.82) is 0 Å². The van der Waals surface area contributed by atoms with Crippen LogP contribution in [0.5, 0.6) is 46.0 Å². The summed E-state index contributed by atoms with van der Waals surface area (Å²) in [5, 5.41) is 2.84. The molecular formula is C61H36N4O11. The van der Waals surface area contributed by atoms with Crippen LogP contribution in [0.25, 0.3) is 0 Å². The van der Waals surface area contributed by atoms with E-state index in [2.05, 4.69) is 5.32 Å². The summed E-state index contributed by atoms with van der Waals surface area (Å²) in [5.41, 5.74) is 3.02. The molecule has 0 unspecified atom stereocenters. The number of hydrogen-bond acceptors (Lipinski definition) is 11. The fraction of sp³-hybridized carbons (Fsp3) is 0. The minimum atomic E-state index is -0.622. The number of carbonyl (C=O) groups excluding carboxylic acids is 7. The van der Waals surface area contributed by atoms with Gasteiger partial charge in [0.25, 0.3) is 41.4 Å². The number of carbonyl (C=O) groups is 7. The van der Waals surface area contributed by atoms with Crippen molar-refractivity contribution < 1.29 is 52.5 Å². The van der Waals surface area contributed by atoms with Gasteiger partial charge in [0.05, 0.1) is 50.4 Å². The van der Waals surface area contributed by atoms with Crippen LogP contribution in [0.3, 0.4) is 0 Å². The Morgan fingerprint density at radius 3 is 0.974 bits per heavy atom. The number of nitrogens with zero attached hydrogens (tertiary/aromatic N) is 3. The number of fused-ring (bicyclic) bond motifs is 3. The zero-order valence-corrected chi connectivity index (χ0v) is 39.5.